The van der Waals surface area contributed by atoms with Gasteiger partial charge in [0.05, 0.1) is 5.01 Å². The van der Waals surface area contributed by atoms with Gasteiger partial charge in [-0.15, -0.1) is 11.3 Å². The lowest BCUT2D eigenvalue weighted by Crippen LogP contribution is -2.19. The molecule has 0 radical (unpaired) electrons. The molecule has 1 unspecified atom stereocenters. The van der Waals surface area contributed by atoms with Crippen LogP contribution < -0.4 is 5.32 Å². The van der Waals surface area contributed by atoms with Crippen molar-refractivity contribution in [1.29, 1.82) is 0 Å². The topological polar surface area (TPSA) is 24.9 Å². The molecule has 0 spiro atoms. The number of hydrogen-bond donors (Lipinski definition) is 1. The summed E-state index contributed by atoms with van der Waals surface area (Å²) in [5.41, 5.74) is 1.32. The lowest BCUT2D eigenvalue weighted by molar-refractivity contribution is 0.587. The zero-order valence-electron chi connectivity index (χ0n) is 9.28. The fraction of sp³-hybridized carbons (Fsp3) is 0.250. The molecule has 0 aliphatic heterocycles. The van der Waals surface area contributed by atoms with E-state index < -0.39 is 0 Å². The SMILES string of the molecule is CNC(Cc1nccs1)c1cc(Br)ccc1I. The first-order valence-corrected chi connectivity index (χ1v) is 7.96. The number of likely N-dealkylation sites (N-methyl/N-ethyl adjacent to an activating group) is 1. The minimum atomic E-state index is 0.311. The van der Waals surface area contributed by atoms with Crippen molar-refractivity contribution in [3.05, 3.63) is 48.4 Å². The van der Waals surface area contributed by atoms with Gasteiger partial charge >= 0.3 is 0 Å². The number of hydrogen-bond acceptors (Lipinski definition) is 3. The van der Waals surface area contributed by atoms with Gasteiger partial charge in [-0.3, -0.25) is 0 Å². The standard InChI is InChI=1S/C12H12BrIN2S/c1-15-11(7-12-16-4-5-17-12)9-6-8(13)2-3-10(9)14/h2-6,11,15H,7H2,1H3. The number of nitrogens with zero attached hydrogens (tertiary/aromatic N) is 1. The van der Waals surface area contributed by atoms with Crippen LogP contribution in [0.25, 0.3) is 0 Å². The number of thiazole rings is 1. The summed E-state index contributed by atoms with van der Waals surface area (Å²) in [6.07, 6.45) is 2.79. The Balaban J connectivity index is 2.25. The minimum absolute atomic E-state index is 0.311. The van der Waals surface area contributed by atoms with Crippen molar-refractivity contribution >= 4 is 49.9 Å². The van der Waals surface area contributed by atoms with Gasteiger partial charge < -0.3 is 5.32 Å². The summed E-state index contributed by atoms with van der Waals surface area (Å²) >= 11 is 7.61. The van der Waals surface area contributed by atoms with Crippen LogP contribution in [-0.2, 0) is 6.42 Å². The van der Waals surface area contributed by atoms with E-state index in [-0.39, 0.29) is 0 Å². The average Bonchev–Trinajstić information content (AvgIpc) is 2.82. The van der Waals surface area contributed by atoms with Crippen molar-refractivity contribution in [1.82, 2.24) is 10.3 Å². The van der Waals surface area contributed by atoms with Crippen LogP contribution in [0, 0.1) is 3.57 Å². The van der Waals surface area contributed by atoms with Gasteiger partial charge in [0.2, 0.25) is 0 Å². The van der Waals surface area contributed by atoms with E-state index in [2.05, 4.69) is 67.0 Å². The predicted molar refractivity (Wildman–Crippen MR) is 84.5 cm³/mol. The second-order valence-electron chi connectivity index (χ2n) is 3.64. The summed E-state index contributed by atoms with van der Waals surface area (Å²) < 4.78 is 2.40. The van der Waals surface area contributed by atoms with Gasteiger partial charge in [-0.2, -0.15) is 0 Å². The first-order chi connectivity index (χ1) is 8.20. The summed E-state index contributed by atoms with van der Waals surface area (Å²) in [6, 6.07) is 6.69. The summed E-state index contributed by atoms with van der Waals surface area (Å²) in [5.74, 6) is 0. The van der Waals surface area contributed by atoms with E-state index in [1.165, 1.54) is 14.1 Å². The highest BCUT2D eigenvalue weighted by Crippen LogP contribution is 2.26. The number of benzene rings is 1. The highest BCUT2D eigenvalue weighted by Gasteiger charge is 2.14. The summed E-state index contributed by atoms with van der Waals surface area (Å²) in [6.45, 7) is 0. The van der Waals surface area contributed by atoms with Crippen molar-refractivity contribution in [2.24, 2.45) is 0 Å². The van der Waals surface area contributed by atoms with Crippen LogP contribution >= 0.6 is 49.9 Å². The van der Waals surface area contributed by atoms with Crippen LogP contribution in [0.4, 0.5) is 0 Å². The summed E-state index contributed by atoms with van der Waals surface area (Å²) in [5, 5.41) is 6.55. The Labute approximate surface area is 127 Å². The fourth-order valence-corrected chi connectivity index (χ4v) is 3.43. The monoisotopic (exact) mass is 422 g/mol. The van der Waals surface area contributed by atoms with E-state index in [4.69, 9.17) is 0 Å². The van der Waals surface area contributed by atoms with E-state index in [9.17, 15) is 0 Å². The Bertz CT molecular complexity index is 487. The second-order valence-corrected chi connectivity index (χ2v) is 6.69. The smallest absolute Gasteiger partial charge is 0.0943 e. The predicted octanol–water partition coefficient (Wildman–Crippen LogP) is 4.01. The van der Waals surface area contributed by atoms with Gasteiger partial charge in [-0.1, -0.05) is 15.9 Å². The third-order valence-electron chi connectivity index (χ3n) is 2.54. The Morgan fingerprint density at radius 1 is 1.53 bits per heavy atom. The van der Waals surface area contributed by atoms with Crippen LogP contribution in [-0.4, -0.2) is 12.0 Å². The number of nitrogens with one attached hydrogen (secondary N) is 1. The first kappa shape index (κ1) is 13.5. The fourth-order valence-electron chi connectivity index (χ4n) is 1.68. The molecule has 90 valence electrons. The molecule has 1 aromatic heterocycles. The van der Waals surface area contributed by atoms with Crippen LogP contribution in [0.3, 0.4) is 0 Å². The maximum Gasteiger partial charge on any atom is 0.0943 e. The normalized spacial score (nSPS) is 12.6. The molecule has 2 nitrogen and oxygen atoms in total. The van der Waals surface area contributed by atoms with Crippen molar-refractivity contribution in [3.63, 3.8) is 0 Å². The molecule has 0 bridgehead atoms. The molecule has 0 saturated carbocycles. The minimum Gasteiger partial charge on any atom is -0.313 e. The van der Waals surface area contributed by atoms with Crippen molar-refractivity contribution < 1.29 is 0 Å². The van der Waals surface area contributed by atoms with Crippen molar-refractivity contribution in [2.45, 2.75) is 12.5 Å². The maximum atomic E-state index is 4.35. The molecule has 1 aromatic carbocycles. The quantitative estimate of drug-likeness (QED) is 0.753. The molecule has 0 aliphatic carbocycles. The lowest BCUT2D eigenvalue weighted by Gasteiger charge is -2.17. The average molecular weight is 423 g/mol. The van der Waals surface area contributed by atoms with Gasteiger partial charge in [0.15, 0.2) is 0 Å². The van der Waals surface area contributed by atoms with E-state index >= 15 is 0 Å². The third kappa shape index (κ3) is 3.49. The van der Waals surface area contributed by atoms with Crippen LogP contribution in [0.1, 0.15) is 16.6 Å². The molecule has 1 heterocycles. The van der Waals surface area contributed by atoms with E-state index in [0.29, 0.717) is 6.04 Å². The molecule has 5 heteroatoms. The third-order valence-corrected chi connectivity index (χ3v) is 4.82. The van der Waals surface area contributed by atoms with Gasteiger partial charge in [-0.05, 0) is 53.4 Å². The Kier molecular flexibility index (Phi) is 4.96. The zero-order valence-corrected chi connectivity index (χ0v) is 13.8. The second kappa shape index (κ2) is 6.26. The van der Waals surface area contributed by atoms with Crippen LogP contribution in [0.15, 0.2) is 34.2 Å². The Morgan fingerprint density at radius 3 is 3.00 bits per heavy atom. The Hall–Kier alpha value is 0.0200. The zero-order chi connectivity index (χ0) is 12.3. The number of aromatic nitrogens is 1. The molecule has 1 N–H and O–H groups in total. The highest BCUT2D eigenvalue weighted by molar-refractivity contribution is 14.1. The van der Waals surface area contributed by atoms with Crippen molar-refractivity contribution in [2.75, 3.05) is 7.05 Å². The van der Waals surface area contributed by atoms with Crippen molar-refractivity contribution in [3.8, 4) is 0 Å². The lowest BCUT2D eigenvalue weighted by atomic mass is 10.0. The summed E-state index contributed by atoms with van der Waals surface area (Å²) in [4.78, 5) is 4.35. The van der Waals surface area contributed by atoms with E-state index in [1.54, 1.807) is 11.3 Å². The number of rotatable bonds is 4. The molecule has 0 saturated heterocycles. The summed E-state index contributed by atoms with van der Waals surface area (Å²) in [7, 11) is 2.00. The molecule has 2 rings (SSSR count). The Morgan fingerprint density at radius 2 is 2.35 bits per heavy atom. The van der Waals surface area contributed by atoms with Crippen LogP contribution in [0.5, 0.6) is 0 Å². The van der Waals surface area contributed by atoms with Gasteiger partial charge in [-0.25, -0.2) is 4.98 Å². The molecule has 1 atom stereocenters. The molecule has 0 fully saturated rings. The first-order valence-electron chi connectivity index (χ1n) is 5.21. The van der Waals surface area contributed by atoms with Crippen LogP contribution in [0.2, 0.25) is 0 Å². The highest BCUT2D eigenvalue weighted by atomic mass is 127. The molecule has 2 aromatic rings. The molecule has 0 amide bonds. The molecule has 0 aliphatic rings. The maximum absolute atomic E-state index is 4.35. The largest absolute Gasteiger partial charge is 0.313 e. The van der Waals surface area contributed by atoms with Gasteiger partial charge in [0.25, 0.3) is 0 Å². The molecule has 17 heavy (non-hydrogen) atoms. The van der Waals surface area contributed by atoms with E-state index in [0.717, 1.165) is 10.9 Å². The van der Waals surface area contributed by atoms with Gasteiger partial charge in [0, 0.05) is 32.1 Å². The van der Waals surface area contributed by atoms with Gasteiger partial charge in [0.1, 0.15) is 0 Å². The molecular formula is C12H12BrIN2S. The molecular weight excluding hydrogens is 411 g/mol. The van der Waals surface area contributed by atoms with E-state index in [1.807, 2.05) is 18.6 Å². The number of halogens is 2.